The topological polar surface area (TPSA) is 20.2 Å². The van der Waals surface area contributed by atoms with E-state index in [0.29, 0.717) is 0 Å². The summed E-state index contributed by atoms with van der Waals surface area (Å²) in [4.78, 5) is 2.63. The van der Waals surface area contributed by atoms with Crippen LogP contribution in [0.2, 0.25) is 0 Å². The molecule has 0 bridgehead atoms. The van der Waals surface area contributed by atoms with Crippen LogP contribution >= 0.6 is 0 Å². The number of rotatable bonds is 3. The van der Waals surface area contributed by atoms with Crippen LogP contribution < -0.4 is 26.6 Å². The predicted octanol–water partition coefficient (Wildman–Crippen LogP) is 17.5. The SMILES string of the molecule is c1ccc(-c2ccc(N3c4cc5c(cc4B4c6c(cc(-n7c8ccccc8c8ccccc87)cc63)Nc3ccc6c(c34)C3(c4ccccc4-c4ccccc43)c3ccccc3-6)C3(c4ccccc4-c4ccccc43)c3ccccc3-5)cc2)cc1. The summed E-state index contributed by atoms with van der Waals surface area (Å²) in [5.41, 5.74) is 35.5. The van der Waals surface area contributed by atoms with Crippen molar-refractivity contribution < 1.29 is 0 Å². The van der Waals surface area contributed by atoms with Crippen LogP contribution in [0.15, 0.2) is 285 Å². The first kappa shape index (κ1) is 45.0. The normalized spacial score (nSPS) is 14.7. The summed E-state index contributed by atoms with van der Waals surface area (Å²) in [6, 6.07) is 109. The first-order valence-corrected chi connectivity index (χ1v) is 29.5. The van der Waals surface area contributed by atoms with Crippen LogP contribution in [0.25, 0.3) is 83.1 Å². The third-order valence-electron chi connectivity index (χ3n) is 20.2. The maximum Gasteiger partial charge on any atom is 0.252 e. The van der Waals surface area contributed by atoms with Crippen molar-refractivity contribution in [2.45, 2.75) is 10.8 Å². The van der Waals surface area contributed by atoms with Gasteiger partial charge in [-0.05, 0) is 165 Å². The van der Waals surface area contributed by atoms with Crippen molar-refractivity contribution in [1.82, 2.24) is 4.57 Å². The summed E-state index contributed by atoms with van der Waals surface area (Å²) in [7, 11) is 0. The Kier molecular flexibility index (Phi) is 8.61. The van der Waals surface area contributed by atoms with Gasteiger partial charge in [0.2, 0.25) is 0 Å². The van der Waals surface area contributed by atoms with Gasteiger partial charge in [-0.15, -0.1) is 0 Å². The molecule has 386 valence electrons. The Morgan fingerprint density at radius 2 is 0.762 bits per heavy atom. The average Bonchev–Trinajstić information content (AvgIpc) is 1.49. The molecule has 4 aliphatic carbocycles. The molecule has 0 atom stereocenters. The first-order chi connectivity index (χ1) is 41.7. The fourth-order valence-electron chi connectivity index (χ4n) is 17.2. The van der Waals surface area contributed by atoms with Crippen LogP contribution in [-0.2, 0) is 10.8 Å². The molecule has 0 unspecified atom stereocenters. The van der Waals surface area contributed by atoms with Gasteiger partial charge in [0.05, 0.1) is 27.6 Å². The highest BCUT2D eigenvalue weighted by molar-refractivity contribution is 7.00. The van der Waals surface area contributed by atoms with E-state index in [0.717, 1.165) is 22.7 Å². The van der Waals surface area contributed by atoms with E-state index in [2.05, 4.69) is 300 Å². The van der Waals surface area contributed by atoms with Crippen molar-refractivity contribution >= 4 is 73.3 Å². The van der Waals surface area contributed by atoms with Crippen molar-refractivity contribution in [3.05, 3.63) is 330 Å². The highest BCUT2D eigenvalue weighted by Crippen LogP contribution is 2.65. The van der Waals surface area contributed by atoms with E-state index < -0.39 is 10.8 Å². The number of para-hydroxylation sites is 2. The molecule has 3 nitrogen and oxygen atoms in total. The lowest BCUT2D eigenvalue weighted by molar-refractivity contribution is 0.794. The van der Waals surface area contributed by atoms with Gasteiger partial charge in [-0.3, -0.25) is 0 Å². The molecule has 1 N–H and O–H groups in total. The molecule has 4 heteroatoms. The van der Waals surface area contributed by atoms with Gasteiger partial charge in [-0.25, -0.2) is 0 Å². The Morgan fingerprint density at radius 3 is 1.32 bits per heavy atom. The number of nitrogens with one attached hydrogen (secondary N) is 1. The van der Waals surface area contributed by atoms with Gasteiger partial charge in [0.25, 0.3) is 6.71 Å². The summed E-state index contributed by atoms with van der Waals surface area (Å²) in [5, 5.41) is 6.81. The number of nitrogens with zero attached hydrogens (tertiary/aromatic N) is 2. The number of hydrogen-bond donors (Lipinski definition) is 1. The highest BCUT2D eigenvalue weighted by Gasteiger charge is 2.57. The van der Waals surface area contributed by atoms with Gasteiger partial charge in [0, 0.05) is 39.2 Å². The van der Waals surface area contributed by atoms with Crippen LogP contribution in [0.5, 0.6) is 0 Å². The second-order valence-electron chi connectivity index (χ2n) is 23.8. The molecular formula is C80H48BN3. The van der Waals surface area contributed by atoms with Crippen LogP contribution in [0.3, 0.4) is 0 Å². The molecule has 84 heavy (non-hydrogen) atoms. The van der Waals surface area contributed by atoms with E-state index >= 15 is 0 Å². The van der Waals surface area contributed by atoms with Gasteiger partial charge in [0.15, 0.2) is 0 Å². The lowest BCUT2D eigenvalue weighted by Crippen LogP contribution is -2.62. The Balaban J connectivity index is 0.951. The minimum absolute atomic E-state index is 0.202. The van der Waals surface area contributed by atoms with E-state index in [9.17, 15) is 0 Å². The summed E-state index contributed by atoms with van der Waals surface area (Å²) < 4.78 is 2.50. The minimum atomic E-state index is -0.588. The molecule has 0 radical (unpaired) electrons. The number of benzene rings is 13. The highest BCUT2D eigenvalue weighted by atomic mass is 15.2. The number of fused-ring (bicyclic) bond motifs is 28. The summed E-state index contributed by atoms with van der Waals surface area (Å²) in [5.74, 6) is 0. The lowest BCUT2D eigenvalue weighted by atomic mass is 9.32. The Hall–Kier alpha value is -10.7. The van der Waals surface area contributed by atoms with Gasteiger partial charge >= 0.3 is 0 Å². The molecular weight excluding hydrogens is 1010 g/mol. The second-order valence-corrected chi connectivity index (χ2v) is 23.8. The van der Waals surface area contributed by atoms with Gasteiger partial charge in [-0.2, -0.15) is 0 Å². The lowest BCUT2D eigenvalue weighted by Gasteiger charge is -2.44. The van der Waals surface area contributed by atoms with Crippen LogP contribution in [0.4, 0.5) is 28.4 Å². The molecule has 13 aromatic carbocycles. The zero-order chi connectivity index (χ0) is 54.6. The van der Waals surface area contributed by atoms with Crippen LogP contribution in [-0.4, -0.2) is 11.3 Å². The minimum Gasteiger partial charge on any atom is -0.356 e. The van der Waals surface area contributed by atoms with E-state index in [1.165, 1.54) is 150 Å². The fourth-order valence-corrected chi connectivity index (χ4v) is 17.2. The number of hydrogen-bond acceptors (Lipinski definition) is 2. The van der Waals surface area contributed by atoms with Crippen molar-refractivity contribution in [3.8, 4) is 61.3 Å². The molecule has 2 spiro atoms. The Labute approximate surface area is 487 Å². The molecule has 0 saturated heterocycles. The summed E-state index contributed by atoms with van der Waals surface area (Å²) >= 11 is 0. The quantitative estimate of drug-likeness (QED) is 0.178. The molecule has 14 aromatic rings. The van der Waals surface area contributed by atoms with Crippen molar-refractivity contribution in [1.29, 1.82) is 0 Å². The summed E-state index contributed by atoms with van der Waals surface area (Å²) in [6.07, 6.45) is 0. The molecule has 6 aliphatic rings. The van der Waals surface area contributed by atoms with Crippen molar-refractivity contribution in [2.75, 3.05) is 10.2 Å². The van der Waals surface area contributed by atoms with Gasteiger partial charge in [-0.1, -0.05) is 237 Å². The maximum atomic E-state index is 4.32. The Bertz CT molecular complexity index is 5100. The molecule has 2 aliphatic heterocycles. The predicted molar refractivity (Wildman–Crippen MR) is 348 cm³/mol. The molecule has 20 rings (SSSR count). The zero-order valence-electron chi connectivity index (χ0n) is 45.6. The van der Waals surface area contributed by atoms with Crippen molar-refractivity contribution in [2.24, 2.45) is 0 Å². The average molecular weight is 1060 g/mol. The molecule has 1 aromatic heterocycles. The van der Waals surface area contributed by atoms with Crippen molar-refractivity contribution in [3.63, 3.8) is 0 Å². The van der Waals surface area contributed by atoms with E-state index in [-0.39, 0.29) is 6.71 Å². The second kappa shape index (κ2) is 16.1. The molecule has 0 fully saturated rings. The van der Waals surface area contributed by atoms with Crippen LogP contribution in [0.1, 0.15) is 44.5 Å². The standard InChI is InChI=1S/C80H48BN3/c1-2-20-48(21-3-1)49-38-40-50(41-39-49)83-74-46-61-57-27-9-14-32-64(57)79(62-30-12-4-22-52(62)53-23-5-13-31-63(53)79)68(61)47-69(74)81-77-71(44-51(45-75(77)83)84-72-36-18-10-28-58(72)59-29-11-19-37-73(59)84)82-70-43-42-60-56-26-8-17-35-67(56)80(76(60)78(70)81)65-33-15-6-24-54(65)55-25-7-16-34-66(55)80/h1-47,82H. The van der Waals surface area contributed by atoms with E-state index in [4.69, 9.17) is 0 Å². The first-order valence-electron chi connectivity index (χ1n) is 29.5. The largest absolute Gasteiger partial charge is 0.356 e. The Morgan fingerprint density at radius 1 is 0.298 bits per heavy atom. The number of aromatic nitrogens is 1. The van der Waals surface area contributed by atoms with Gasteiger partial charge in [0.1, 0.15) is 0 Å². The summed E-state index contributed by atoms with van der Waals surface area (Å²) in [6.45, 7) is -0.202. The van der Waals surface area contributed by atoms with Gasteiger partial charge < -0.3 is 14.8 Å². The smallest absolute Gasteiger partial charge is 0.252 e. The molecule has 0 saturated carbocycles. The zero-order valence-corrected chi connectivity index (χ0v) is 45.6. The number of anilines is 5. The van der Waals surface area contributed by atoms with Crippen LogP contribution in [0, 0.1) is 0 Å². The van der Waals surface area contributed by atoms with E-state index in [1.807, 2.05) is 0 Å². The maximum absolute atomic E-state index is 4.32. The third kappa shape index (κ3) is 5.37. The van der Waals surface area contributed by atoms with E-state index in [1.54, 1.807) is 0 Å². The monoisotopic (exact) mass is 1060 g/mol. The third-order valence-corrected chi connectivity index (χ3v) is 20.2. The molecule has 3 heterocycles. The fraction of sp³-hybridized carbons (Fsp3) is 0.0250. The molecule has 0 amide bonds.